The second kappa shape index (κ2) is 28.2. The normalized spacial score (nSPS) is 37.6. The first kappa shape index (κ1) is 69.1. The molecule has 4 fully saturated rings. The fourth-order valence-corrected chi connectivity index (χ4v) is 26.7. The molecular formula is C62H113NO14Si3. The molecule has 18 heteroatoms. The SMILES string of the molecule is CC[C@@H]1/C=C(\C)C[C@H](C)C[C@H](OC)[C@H]2O[C@@](O)(C(=O)C(=O)N3[C@@H](OC)CCC[C@H]3C(=O)O[C@H](/C(C)=C/[C@@H]3CC[C@@H](O[Si](C)(C)C(C)(C)C)[C@H](OC)C3)[C@H](C)[C@@H]3C[C@@H]1O[Si](C(C)C)(C(C)C)O[Si](C(C)C)(C(C)C)O3)[C@H](C)C[C@@H]2OC. The third-order valence-electron chi connectivity index (χ3n) is 19.8. The minimum absolute atomic E-state index is 0.0183. The summed E-state index contributed by atoms with van der Waals surface area (Å²) in [6.07, 6.45) is 6.13. The molecule has 0 radical (unpaired) electrons. The minimum atomic E-state index is -3.22. The van der Waals surface area contributed by atoms with Crippen molar-refractivity contribution in [1.29, 1.82) is 0 Å². The van der Waals surface area contributed by atoms with Crippen LogP contribution in [0.25, 0.3) is 0 Å². The van der Waals surface area contributed by atoms with Crippen LogP contribution in [0.4, 0.5) is 0 Å². The third-order valence-corrected chi connectivity index (χ3v) is 34.6. The molecule has 4 heterocycles. The average molecular weight is 1180 g/mol. The van der Waals surface area contributed by atoms with Crippen molar-refractivity contribution in [2.75, 3.05) is 28.4 Å². The van der Waals surface area contributed by atoms with Crippen molar-refractivity contribution in [3.63, 3.8) is 0 Å². The van der Waals surface area contributed by atoms with Gasteiger partial charge in [0.15, 0.2) is 8.32 Å². The van der Waals surface area contributed by atoms with E-state index in [0.717, 1.165) is 37.7 Å². The summed E-state index contributed by atoms with van der Waals surface area (Å²) >= 11 is 0. The van der Waals surface area contributed by atoms with Crippen molar-refractivity contribution >= 4 is 43.1 Å². The Labute approximate surface area is 488 Å². The highest BCUT2D eigenvalue weighted by Gasteiger charge is 2.61. The standard InChI is InChI=1S/C62H113NO14Si3/c1-24-47-31-41(10)30-42(11)32-53(69-19)57-54(70-20)34-44(13)62(67,73-57)58(64)59(65)63-48(26-25-27-55(63)71-21)60(66)72-56(43(12)33-46-28-29-49(52(35-46)68-18)74-78(22,23)61(15,16)17)45(14)50-36-51(47)76-80(39(6)7,40(8)9)77-79(75-50,37(2)3)38(4)5/h31,33,37-40,42,44-57,67H,24-30,32,34-36H2,1-23H3/b41-31+,43-33+/t42-,44+,45+,46-,47+,48-,49+,50-,51-,52+,53-,54-,55-,56+,57+,62+/m0/s1. The zero-order valence-electron chi connectivity index (χ0n) is 54.1. The number of ether oxygens (including phenoxy) is 6. The number of nitrogens with zero attached hydrogens (tertiary/aromatic N) is 1. The number of hydrogen-bond donors (Lipinski definition) is 1. The van der Waals surface area contributed by atoms with Gasteiger partial charge in [-0.3, -0.25) is 14.5 Å². The number of cyclic esters (lactones) is 1. The van der Waals surface area contributed by atoms with E-state index >= 15 is 9.59 Å². The second-order valence-electron chi connectivity index (χ2n) is 27.9. The predicted octanol–water partition coefficient (Wildman–Crippen LogP) is 12.9. The van der Waals surface area contributed by atoms with Crippen molar-refractivity contribution in [2.24, 2.45) is 29.6 Å². The summed E-state index contributed by atoms with van der Waals surface area (Å²) < 4.78 is 68.8. The molecule has 5 aliphatic rings. The molecule has 5 rings (SSSR count). The summed E-state index contributed by atoms with van der Waals surface area (Å²) in [4.78, 5) is 46.9. The molecule has 0 aromatic carbocycles. The lowest BCUT2D eigenvalue weighted by molar-refractivity contribution is -0.303. The number of carbonyl (C=O) groups is 3. The zero-order valence-corrected chi connectivity index (χ0v) is 57.1. The summed E-state index contributed by atoms with van der Waals surface area (Å²) in [5.41, 5.74) is 2.38. The van der Waals surface area contributed by atoms with Gasteiger partial charge in [-0.1, -0.05) is 122 Å². The van der Waals surface area contributed by atoms with Gasteiger partial charge >= 0.3 is 23.1 Å². The molecule has 1 N–H and O–H groups in total. The first-order valence-corrected chi connectivity index (χ1v) is 37.8. The van der Waals surface area contributed by atoms with E-state index in [0.29, 0.717) is 25.7 Å². The van der Waals surface area contributed by atoms with E-state index in [9.17, 15) is 9.90 Å². The topological polar surface area (TPSA) is 167 Å². The van der Waals surface area contributed by atoms with Crippen LogP contribution in [0.3, 0.4) is 0 Å². The van der Waals surface area contributed by atoms with Gasteiger partial charge in [0, 0.05) is 46.2 Å². The van der Waals surface area contributed by atoms with Crippen LogP contribution in [0.2, 0.25) is 40.3 Å². The highest BCUT2D eigenvalue weighted by Crippen LogP contribution is 2.50. The summed E-state index contributed by atoms with van der Waals surface area (Å²) in [6, 6.07) is -1.22. The number of allylic oxidation sites excluding steroid dienone is 2. The minimum Gasteiger partial charge on any atom is -0.456 e. The van der Waals surface area contributed by atoms with E-state index in [-0.39, 0.29) is 76.1 Å². The highest BCUT2D eigenvalue weighted by molar-refractivity contribution is 6.84. The Morgan fingerprint density at radius 3 is 1.88 bits per heavy atom. The van der Waals surface area contributed by atoms with Gasteiger partial charge in [0.05, 0.1) is 36.6 Å². The quantitative estimate of drug-likeness (QED) is 0.0801. The Balaban J connectivity index is 1.76. The Morgan fingerprint density at radius 2 is 1.35 bits per heavy atom. The molecule has 80 heavy (non-hydrogen) atoms. The third kappa shape index (κ3) is 14.9. The molecule has 15 nitrogen and oxygen atoms in total. The Kier molecular flexibility index (Phi) is 24.4. The van der Waals surface area contributed by atoms with Crippen molar-refractivity contribution < 1.29 is 65.3 Å². The molecule has 16 atom stereocenters. The fourth-order valence-electron chi connectivity index (χ4n) is 13.9. The van der Waals surface area contributed by atoms with Gasteiger partial charge in [-0.05, 0) is 142 Å². The average Bonchev–Trinajstić information content (AvgIpc) is 3.38. The maximum atomic E-state index is 15.6. The van der Waals surface area contributed by atoms with Crippen LogP contribution >= 0.6 is 0 Å². The molecule has 0 aromatic rings. The number of ketones is 1. The predicted molar refractivity (Wildman–Crippen MR) is 322 cm³/mol. The van der Waals surface area contributed by atoms with Gasteiger partial charge in [-0.15, -0.1) is 0 Å². The van der Waals surface area contributed by atoms with Crippen molar-refractivity contribution in [1.82, 2.24) is 4.90 Å². The van der Waals surface area contributed by atoms with Gasteiger partial charge in [0.2, 0.25) is 5.79 Å². The maximum absolute atomic E-state index is 15.6. The van der Waals surface area contributed by atoms with Crippen LogP contribution in [0.15, 0.2) is 23.3 Å². The number of rotatable bonds is 13. The highest BCUT2D eigenvalue weighted by atomic mass is 28.5. The lowest BCUT2D eigenvalue weighted by atomic mass is 9.81. The molecule has 1 saturated carbocycles. The zero-order chi connectivity index (χ0) is 60.2. The van der Waals surface area contributed by atoms with Gasteiger partial charge in [-0.25, -0.2) is 4.79 Å². The Hall–Kier alpha value is -1.66. The number of amides is 1. The van der Waals surface area contributed by atoms with E-state index in [2.05, 4.69) is 136 Å². The van der Waals surface area contributed by atoms with E-state index in [1.807, 2.05) is 0 Å². The Bertz CT molecular complexity index is 2100. The second-order valence-corrected chi connectivity index (χ2v) is 41.4. The van der Waals surface area contributed by atoms with Crippen molar-refractivity contribution in [2.45, 2.75) is 296 Å². The molecule has 462 valence electrons. The smallest absolute Gasteiger partial charge is 0.334 e. The molecular weight excluding hydrogens is 1070 g/mol. The number of fused-ring (bicyclic) bond motifs is 5. The number of esters is 1. The summed E-state index contributed by atoms with van der Waals surface area (Å²) in [5.74, 6) is -6.64. The molecule has 4 bridgehead atoms. The van der Waals surface area contributed by atoms with E-state index in [1.54, 1.807) is 28.3 Å². The fraction of sp³-hybridized carbons (Fsp3) is 0.887. The largest absolute Gasteiger partial charge is 0.456 e. The van der Waals surface area contributed by atoms with Gasteiger partial charge in [0.1, 0.15) is 24.5 Å². The van der Waals surface area contributed by atoms with E-state index < -0.39 is 104 Å². The van der Waals surface area contributed by atoms with Crippen LogP contribution in [-0.4, -0.2) is 148 Å². The van der Waals surface area contributed by atoms with Gasteiger partial charge in [0.25, 0.3) is 11.7 Å². The maximum Gasteiger partial charge on any atom is 0.334 e. The molecule has 0 aromatic heterocycles. The van der Waals surface area contributed by atoms with Gasteiger partial charge in [-0.2, -0.15) is 0 Å². The molecule has 0 unspecified atom stereocenters. The number of piperidine rings is 1. The Morgan fingerprint density at radius 1 is 0.787 bits per heavy atom. The van der Waals surface area contributed by atoms with E-state index in [4.69, 9.17) is 45.8 Å². The van der Waals surface area contributed by atoms with Gasteiger partial charge < -0.3 is 50.9 Å². The number of hydrogen-bond acceptors (Lipinski definition) is 14. The first-order valence-electron chi connectivity index (χ1n) is 30.9. The van der Waals surface area contributed by atoms with Crippen LogP contribution in [-0.2, 0) is 60.2 Å². The summed E-state index contributed by atoms with van der Waals surface area (Å²) in [7, 11) is -2.00. The number of aliphatic hydroxyl groups is 1. The molecule has 0 spiro atoms. The van der Waals surface area contributed by atoms with Crippen LogP contribution in [0, 0.1) is 29.6 Å². The van der Waals surface area contributed by atoms with E-state index in [1.165, 1.54) is 17.6 Å². The van der Waals surface area contributed by atoms with Crippen molar-refractivity contribution in [3.05, 3.63) is 23.3 Å². The monoisotopic (exact) mass is 1180 g/mol. The van der Waals surface area contributed by atoms with Crippen LogP contribution in [0.1, 0.15) is 188 Å². The molecule has 1 amide bonds. The summed E-state index contributed by atoms with van der Waals surface area (Å²) in [6.45, 7) is 41.8. The lowest BCUT2D eigenvalue weighted by Crippen LogP contribution is -2.66. The van der Waals surface area contributed by atoms with Crippen LogP contribution < -0.4 is 0 Å². The molecule has 3 saturated heterocycles. The number of carbonyl (C=O) groups excluding carboxylic acids is 3. The van der Waals surface area contributed by atoms with Crippen LogP contribution in [0.5, 0.6) is 0 Å². The molecule has 1 aliphatic carbocycles. The number of methoxy groups -OCH3 is 4. The number of Topliss-reactive ketones (excluding diaryl/α,β-unsaturated/α-hetero) is 1. The summed E-state index contributed by atoms with van der Waals surface area (Å²) in [5, 5.41) is 12.6. The lowest BCUT2D eigenvalue weighted by Gasteiger charge is -2.54. The van der Waals surface area contributed by atoms with Crippen molar-refractivity contribution in [3.8, 4) is 0 Å². The molecule has 4 aliphatic heterocycles. The first-order chi connectivity index (χ1) is 37.2.